The molecule has 0 unspecified atom stereocenters. The molecule has 1 fully saturated rings. The summed E-state index contributed by atoms with van der Waals surface area (Å²) in [6, 6.07) is 19.8. The third kappa shape index (κ3) is 5.00. The molecular formula is C27H26N4O2. The maximum absolute atomic E-state index is 13.2. The van der Waals surface area contributed by atoms with Crippen molar-refractivity contribution in [2.45, 2.75) is 25.7 Å². The van der Waals surface area contributed by atoms with Crippen LogP contribution in [0.3, 0.4) is 0 Å². The number of nitrogens with zero attached hydrogens (tertiary/aromatic N) is 4. The molecule has 1 aliphatic heterocycles. The number of likely N-dealkylation sites (tertiary alicyclic amines) is 1. The Morgan fingerprint density at radius 3 is 2.67 bits per heavy atom. The van der Waals surface area contributed by atoms with Gasteiger partial charge in [0.25, 0.3) is 5.91 Å². The van der Waals surface area contributed by atoms with Crippen molar-refractivity contribution in [3.05, 3.63) is 90.4 Å². The number of rotatable bonds is 5. The first-order valence-corrected chi connectivity index (χ1v) is 11.4. The number of fused-ring (bicyclic) bond motifs is 1. The number of pyridine rings is 1. The molecule has 0 bridgehead atoms. The van der Waals surface area contributed by atoms with Gasteiger partial charge in [-0.2, -0.15) is 0 Å². The van der Waals surface area contributed by atoms with Crippen LogP contribution in [0.25, 0.3) is 10.9 Å². The lowest BCUT2D eigenvalue weighted by molar-refractivity contribution is 0.0759. The minimum absolute atomic E-state index is 0.0458. The van der Waals surface area contributed by atoms with E-state index in [0.29, 0.717) is 17.2 Å². The van der Waals surface area contributed by atoms with Crippen LogP contribution in [0.2, 0.25) is 0 Å². The van der Waals surface area contributed by atoms with Crippen LogP contribution in [0, 0.1) is 5.92 Å². The molecule has 1 saturated heterocycles. The van der Waals surface area contributed by atoms with Crippen molar-refractivity contribution in [3.8, 4) is 11.8 Å². The smallest absolute Gasteiger partial charge is 0.321 e. The lowest BCUT2D eigenvalue weighted by atomic mass is 9.91. The summed E-state index contributed by atoms with van der Waals surface area (Å²) in [5.74, 6) is 1.16. The molecule has 0 N–H and O–H groups in total. The van der Waals surface area contributed by atoms with Crippen LogP contribution >= 0.6 is 0 Å². The molecular weight excluding hydrogens is 412 g/mol. The van der Waals surface area contributed by atoms with E-state index >= 15 is 0 Å². The van der Waals surface area contributed by atoms with E-state index in [-0.39, 0.29) is 11.9 Å². The molecule has 3 heterocycles. The fraction of sp³-hybridized carbons (Fsp3) is 0.259. The average Bonchev–Trinajstić information content (AvgIpc) is 3.10. The van der Waals surface area contributed by atoms with E-state index in [2.05, 4.69) is 39.2 Å². The first kappa shape index (κ1) is 21.1. The molecule has 5 rings (SSSR count). The highest BCUT2D eigenvalue weighted by molar-refractivity contribution is 5.94. The van der Waals surface area contributed by atoms with Gasteiger partial charge in [-0.05, 0) is 73.6 Å². The second-order valence-corrected chi connectivity index (χ2v) is 8.44. The maximum Gasteiger partial charge on any atom is 0.321 e. The quantitative estimate of drug-likeness (QED) is 0.423. The largest absolute Gasteiger partial charge is 0.424 e. The predicted molar refractivity (Wildman–Crippen MR) is 127 cm³/mol. The van der Waals surface area contributed by atoms with Crippen molar-refractivity contribution in [2.24, 2.45) is 5.92 Å². The lowest BCUT2D eigenvalue weighted by Gasteiger charge is -2.21. The lowest BCUT2D eigenvalue weighted by Crippen LogP contribution is -2.32. The molecule has 2 aromatic carbocycles. The standard InChI is InChI=1S/C27H26N4O2/c32-26(22-8-1-9-23(19-22)33-27-29-14-5-15-30-27)31-16-4-6-20(12-17-31)18-21-7-2-11-25-24(21)10-3-13-28-25/h1-3,5,7-11,13-15,19-20H,4,6,12,16-18H2/t20-/m1/s1. The number of carbonyl (C=O) groups is 1. The van der Waals surface area contributed by atoms with Crippen LogP contribution in [0.1, 0.15) is 35.2 Å². The Bertz CT molecular complexity index is 1240. The fourth-order valence-corrected chi connectivity index (χ4v) is 4.55. The fourth-order valence-electron chi connectivity index (χ4n) is 4.55. The summed E-state index contributed by atoms with van der Waals surface area (Å²) in [4.78, 5) is 27.8. The van der Waals surface area contributed by atoms with Gasteiger partial charge in [0.1, 0.15) is 5.75 Å². The summed E-state index contributed by atoms with van der Waals surface area (Å²) in [6.07, 6.45) is 9.23. The zero-order chi connectivity index (χ0) is 22.5. The number of amides is 1. The zero-order valence-electron chi connectivity index (χ0n) is 18.4. The minimum atomic E-state index is 0.0458. The summed E-state index contributed by atoms with van der Waals surface area (Å²) >= 11 is 0. The summed E-state index contributed by atoms with van der Waals surface area (Å²) < 4.78 is 5.70. The van der Waals surface area contributed by atoms with Gasteiger partial charge in [-0.3, -0.25) is 9.78 Å². The summed E-state index contributed by atoms with van der Waals surface area (Å²) in [7, 11) is 0. The number of aromatic nitrogens is 3. The SMILES string of the molecule is O=C(c1cccc(Oc2ncccn2)c1)N1CCC[C@@H](Cc2cccc3ncccc23)CC1. The minimum Gasteiger partial charge on any atom is -0.424 e. The Balaban J connectivity index is 1.24. The highest BCUT2D eigenvalue weighted by Gasteiger charge is 2.22. The second-order valence-electron chi connectivity index (χ2n) is 8.44. The monoisotopic (exact) mass is 438 g/mol. The van der Waals surface area contributed by atoms with Gasteiger partial charge in [0, 0.05) is 42.6 Å². The highest BCUT2D eigenvalue weighted by Crippen LogP contribution is 2.27. The first-order valence-electron chi connectivity index (χ1n) is 11.4. The topological polar surface area (TPSA) is 68.2 Å². The van der Waals surface area contributed by atoms with Gasteiger partial charge < -0.3 is 9.64 Å². The van der Waals surface area contributed by atoms with E-state index in [1.54, 1.807) is 24.5 Å². The number of hydrogen-bond donors (Lipinski definition) is 0. The normalized spacial score (nSPS) is 16.4. The first-order chi connectivity index (χ1) is 16.3. The van der Waals surface area contributed by atoms with Gasteiger partial charge in [0.2, 0.25) is 0 Å². The van der Waals surface area contributed by atoms with E-state index in [0.717, 1.165) is 44.3 Å². The van der Waals surface area contributed by atoms with Gasteiger partial charge in [-0.15, -0.1) is 0 Å². The number of benzene rings is 2. The molecule has 166 valence electrons. The van der Waals surface area contributed by atoms with Crippen LogP contribution in [-0.4, -0.2) is 38.8 Å². The van der Waals surface area contributed by atoms with Crippen LogP contribution in [-0.2, 0) is 6.42 Å². The van der Waals surface area contributed by atoms with Crippen molar-refractivity contribution in [1.82, 2.24) is 19.9 Å². The molecule has 6 heteroatoms. The molecule has 1 aliphatic rings. The van der Waals surface area contributed by atoms with Crippen molar-refractivity contribution in [3.63, 3.8) is 0 Å². The van der Waals surface area contributed by atoms with Crippen LogP contribution in [0.4, 0.5) is 0 Å². The van der Waals surface area contributed by atoms with Gasteiger partial charge in [0.15, 0.2) is 0 Å². The predicted octanol–water partition coefficient (Wildman–Crippen LogP) is 5.30. The van der Waals surface area contributed by atoms with E-state index in [9.17, 15) is 4.79 Å². The van der Waals surface area contributed by atoms with Gasteiger partial charge >= 0.3 is 6.01 Å². The Morgan fingerprint density at radius 1 is 0.909 bits per heavy atom. The van der Waals surface area contributed by atoms with E-state index in [4.69, 9.17) is 4.74 Å². The average molecular weight is 439 g/mol. The zero-order valence-corrected chi connectivity index (χ0v) is 18.4. The van der Waals surface area contributed by atoms with Gasteiger partial charge in [0.05, 0.1) is 5.52 Å². The Morgan fingerprint density at radius 2 is 1.76 bits per heavy atom. The summed E-state index contributed by atoms with van der Waals surface area (Å²) in [6.45, 7) is 1.54. The molecule has 0 radical (unpaired) electrons. The molecule has 0 aliphatic carbocycles. The van der Waals surface area contributed by atoms with Crippen LogP contribution in [0.15, 0.2) is 79.3 Å². The Labute approximate surface area is 193 Å². The van der Waals surface area contributed by atoms with E-state index < -0.39 is 0 Å². The van der Waals surface area contributed by atoms with Gasteiger partial charge in [-0.1, -0.05) is 24.3 Å². The van der Waals surface area contributed by atoms with Crippen LogP contribution < -0.4 is 4.74 Å². The second kappa shape index (κ2) is 9.77. The van der Waals surface area contributed by atoms with Crippen molar-refractivity contribution >= 4 is 16.8 Å². The number of hydrogen-bond acceptors (Lipinski definition) is 5. The molecule has 6 nitrogen and oxygen atoms in total. The van der Waals surface area contributed by atoms with Crippen LogP contribution in [0.5, 0.6) is 11.8 Å². The molecule has 4 aromatic rings. The molecule has 2 aromatic heterocycles. The maximum atomic E-state index is 13.2. The molecule has 1 amide bonds. The summed E-state index contributed by atoms with van der Waals surface area (Å²) in [5.41, 5.74) is 3.02. The molecule has 33 heavy (non-hydrogen) atoms. The summed E-state index contributed by atoms with van der Waals surface area (Å²) in [5, 5.41) is 1.23. The third-order valence-electron chi connectivity index (χ3n) is 6.21. The number of ether oxygens (including phenoxy) is 1. The van der Waals surface area contributed by atoms with Gasteiger partial charge in [-0.25, -0.2) is 9.97 Å². The van der Waals surface area contributed by atoms with Crippen molar-refractivity contribution in [2.75, 3.05) is 13.1 Å². The van der Waals surface area contributed by atoms with Crippen molar-refractivity contribution < 1.29 is 9.53 Å². The highest BCUT2D eigenvalue weighted by atomic mass is 16.5. The number of carbonyl (C=O) groups excluding carboxylic acids is 1. The van der Waals surface area contributed by atoms with E-state index in [1.807, 2.05) is 35.4 Å². The Hall–Kier alpha value is -3.80. The third-order valence-corrected chi connectivity index (χ3v) is 6.21. The molecule has 1 atom stereocenters. The molecule has 0 saturated carbocycles. The van der Waals surface area contributed by atoms with E-state index in [1.165, 1.54) is 10.9 Å². The molecule has 0 spiro atoms. The Kier molecular flexibility index (Phi) is 6.24. The van der Waals surface area contributed by atoms with Crippen molar-refractivity contribution in [1.29, 1.82) is 0 Å².